The van der Waals surface area contributed by atoms with Gasteiger partial charge in [-0.15, -0.1) is 0 Å². The summed E-state index contributed by atoms with van der Waals surface area (Å²) in [6.45, 7) is 1.86. The molecule has 0 saturated carbocycles. The van der Waals surface area contributed by atoms with Gasteiger partial charge in [-0.05, 0) is 24.3 Å². The molecule has 2 aromatic rings. The van der Waals surface area contributed by atoms with Crippen LogP contribution in [0.25, 0.3) is 0 Å². The summed E-state index contributed by atoms with van der Waals surface area (Å²) in [5.41, 5.74) is 0. The maximum atomic E-state index is 11.9. The Hall–Kier alpha value is -1.92. The van der Waals surface area contributed by atoms with Crippen molar-refractivity contribution in [1.82, 2.24) is 0 Å². The molecule has 0 spiro atoms. The second-order valence-electron chi connectivity index (χ2n) is 4.08. The molecule has 0 N–H and O–H groups in total. The van der Waals surface area contributed by atoms with Gasteiger partial charge in [0.05, 0.1) is 7.11 Å². The van der Waals surface area contributed by atoms with Crippen molar-refractivity contribution in [3.8, 4) is 0 Å². The minimum atomic E-state index is -0.815. The van der Waals surface area contributed by atoms with Crippen molar-refractivity contribution < 1.29 is 9.53 Å². The van der Waals surface area contributed by atoms with Crippen LogP contribution in [0.4, 0.5) is 0 Å². The average Bonchev–Trinajstić information content (AvgIpc) is 2.49. The van der Waals surface area contributed by atoms with Crippen LogP contribution in [0.2, 0.25) is 0 Å². The highest BCUT2D eigenvalue weighted by Crippen LogP contribution is 2.24. The van der Waals surface area contributed by atoms with E-state index in [0.717, 1.165) is 15.9 Å². The van der Waals surface area contributed by atoms with E-state index >= 15 is 0 Å². The first-order valence-electron chi connectivity index (χ1n) is 6.06. The summed E-state index contributed by atoms with van der Waals surface area (Å²) in [5, 5.41) is 3.08. The quantitative estimate of drug-likeness (QED) is 0.633. The lowest BCUT2D eigenvalue weighted by Crippen LogP contribution is -2.18. The fourth-order valence-electron chi connectivity index (χ4n) is 1.93. The summed E-state index contributed by atoms with van der Waals surface area (Å²) < 4.78 is 4.88. The molecule has 0 aliphatic carbocycles. The Bertz CT molecular complexity index is 547. The molecule has 2 nitrogen and oxygen atoms in total. The van der Waals surface area contributed by atoms with Crippen molar-refractivity contribution in [2.24, 2.45) is 0 Å². The van der Waals surface area contributed by atoms with E-state index < -0.39 is 7.55 Å². The standard InChI is InChI=1S/C16H16O2P/c1-13(16(17)18-2)19(14-9-5-3-6-10-14)15-11-7-4-8-12-15/h3-12H,1-2H3/q+1. The number of rotatable bonds is 3. The van der Waals surface area contributed by atoms with Gasteiger partial charge in [0, 0.05) is 6.92 Å². The van der Waals surface area contributed by atoms with E-state index in [-0.39, 0.29) is 5.97 Å². The van der Waals surface area contributed by atoms with Gasteiger partial charge in [0.25, 0.3) is 0 Å². The van der Waals surface area contributed by atoms with Crippen LogP contribution in [0.1, 0.15) is 6.92 Å². The van der Waals surface area contributed by atoms with Crippen LogP contribution in [-0.2, 0) is 9.53 Å². The Labute approximate surface area is 114 Å². The van der Waals surface area contributed by atoms with Gasteiger partial charge < -0.3 is 4.74 Å². The molecule has 2 aromatic carbocycles. The molecule has 0 heterocycles. The molecule has 0 unspecified atom stereocenters. The van der Waals surface area contributed by atoms with Gasteiger partial charge in [-0.1, -0.05) is 36.4 Å². The van der Waals surface area contributed by atoms with Crippen LogP contribution in [0.3, 0.4) is 0 Å². The Morgan fingerprint density at radius 2 is 1.32 bits per heavy atom. The van der Waals surface area contributed by atoms with E-state index in [2.05, 4.69) is 24.3 Å². The van der Waals surface area contributed by atoms with Crippen LogP contribution >= 0.6 is 7.55 Å². The summed E-state index contributed by atoms with van der Waals surface area (Å²) >= 11 is 0. The van der Waals surface area contributed by atoms with Crippen molar-refractivity contribution in [1.29, 1.82) is 0 Å². The number of carbonyl (C=O) groups excluding carboxylic acids is 1. The van der Waals surface area contributed by atoms with E-state index in [1.807, 2.05) is 43.3 Å². The molecule has 0 aliphatic rings. The molecular weight excluding hydrogens is 255 g/mol. The maximum Gasteiger partial charge on any atom is 0.376 e. The zero-order valence-corrected chi connectivity index (χ0v) is 11.9. The number of hydrogen-bond donors (Lipinski definition) is 0. The third-order valence-electron chi connectivity index (χ3n) is 2.85. The first-order valence-corrected chi connectivity index (χ1v) is 7.40. The van der Waals surface area contributed by atoms with Crippen LogP contribution in [0, 0.1) is 0 Å². The summed E-state index contributed by atoms with van der Waals surface area (Å²) in [6, 6.07) is 20.2. The van der Waals surface area contributed by atoms with Crippen molar-refractivity contribution in [2.45, 2.75) is 6.92 Å². The highest BCUT2D eigenvalue weighted by molar-refractivity contribution is 7.75. The zero-order chi connectivity index (χ0) is 13.7. The Morgan fingerprint density at radius 3 is 1.68 bits per heavy atom. The predicted molar refractivity (Wildman–Crippen MR) is 81.8 cm³/mol. The molecule has 0 atom stereocenters. The first kappa shape index (κ1) is 13.5. The third kappa shape index (κ3) is 3.10. The Morgan fingerprint density at radius 1 is 0.895 bits per heavy atom. The number of hydrogen-bond acceptors (Lipinski definition) is 2. The van der Waals surface area contributed by atoms with E-state index in [0.29, 0.717) is 0 Å². The number of benzene rings is 2. The Balaban J connectivity index is 2.62. The highest BCUT2D eigenvalue weighted by atomic mass is 31.1. The van der Waals surface area contributed by atoms with Gasteiger partial charge in [-0.25, -0.2) is 4.79 Å². The summed E-state index contributed by atoms with van der Waals surface area (Å²) in [4.78, 5) is 11.9. The van der Waals surface area contributed by atoms with Gasteiger partial charge in [0.1, 0.15) is 0 Å². The number of methoxy groups -OCH3 is 1. The molecule has 0 radical (unpaired) electrons. The van der Waals surface area contributed by atoms with E-state index in [1.54, 1.807) is 0 Å². The van der Waals surface area contributed by atoms with Crippen LogP contribution in [0.15, 0.2) is 60.7 Å². The molecule has 3 heteroatoms. The van der Waals surface area contributed by atoms with Gasteiger partial charge in [0.15, 0.2) is 18.2 Å². The molecule has 0 saturated heterocycles. The van der Waals surface area contributed by atoms with E-state index in [9.17, 15) is 4.79 Å². The minimum absolute atomic E-state index is 0.237. The highest BCUT2D eigenvalue weighted by Gasteiger charge is 2.26. The molecule has 0 aliphatic heterocycles. The van der Waals surface area contributed by atoms with Crippen molar-refractivity contribution in [2.75, 3.05) is 7.11 Å². The molecule has 0 fully saturated rings. The molecule has 0 amide bonds. The first-order chi connectivity index (χ1) is 9.24. The second-order valence-corrected chi connectivity index (χ2v) is 6.46. The largest absolute Gasteiger partial charge is 0.463 e. The SMILES string of the molecule is COC(=O)C(C)=[P+](c1ccccc1)c1ccccc1. The van der Waals surface area contributed by atoms with Gasteiger partial charge in [-0.2, -0.15) is 0 Å². The Kier molecular flexibility index (Phi) is 4.48. The summed E-state index contributed by atoms with van der Waals surface area (Å²) in [6.07, 6.45) is 0. The summed E-state index contributed by atoms with van der Waals surface area (Å²) in [7, 11) is 0.611. The van der Waals surface area contributed by atoms with Crippen molar-refractivity contribution >= 4 is 29.4 Å². The molecule has 0 bridgehead atoms. The predicted octanol–water partition coefficient (Wildman–Crippen LogP) is 2.48. The van der Waals surface area contributed by atoms with Gasteiger partial charge in [-0.3, -0.25) is 0 Å². The minimum Gasteiger partial charge on any atom is -0.463 e. The second kappa shape index (κ2) is 6.31. The maximum absolute atomic E-state index is 11.9. The number of esters is 1. The smallest absolute Gasteiger partial charge is 0.376 e. The number of ether oxygens (including phenoxy) is 1. The van der Waals surface area contributed by atoms with Crippen LogP contribution in [0.5, 0.6) is 0 Å². The van der Waals surface area contributed by atoms with Crippen LogP contribution in [-0.4, -0.2) is 18.4 Å². The molecular formula is C16H16O2P+. The van der Waals surface area contributed by atoms with Crippen LogP contribution < -0.4 is 10.6 Å². The van der Waals surface area contributed by atoms with E-state index in [4.69, 9.17) is 4.74 Å². The topological polar surface area (TPSA) is 26.3 Å². The lowest BCUT2D eigenvalue weighted by atomic mass is 10.4. The fraction of sp³-hybridized carbons (Fsp3) is 0.125. The number of carbonyl (C=O) groups is 1. The average molecular weight is 271 g/mol. The lowest BCUT2D eigenvalue weighted by Gasteiger charge is -2.00. The molecule has 96 valence electrons. The van der Waals surface area contributed by atoms with Gasteiger partial charge in [0.2, 0.25) is 5.29 Å². The normalized spacial score (nSPS) is 9.79. The fourth-order valence-corrected chi connectivity index (χ4v) is 4.22. The zero-order valence-electron chi connectivity index (χ0n) is 11.0. The molecule has 0 aromatic heterocycles. The third-order valence-corrected chi connectivity index (χ3v) is 5.33. The van der Waals surface area contributed by atoms with E-state index in [1.165, 1.54) is 7.11 Å². The van der Waals surface area contributed by atoms with Gasteiger partial charge >= 0.3 is 5.97 Å². The monoisotopic (exact) mass is 271 g/mol. The summed E-state index contributed by atoms with van der Waals surface area (Å²) in [5.74, 6) is -0.237. The van der Waals surface area contributed by atoms with Crippen molar-refractivity contribution in [3.05, 3.63) is 60.7 Å². The van der Waals surface area contributed by atoms with Crippen molar-refractivity contribution in [3.63, 3.8) is 0 Å². The molecule has 19 heavy (non-hydrogen) atoms. The molecule has 2 rings (SSSR count). The lowest BCUT2D eigenvalue weighted by molar-refractivity contribution is -0.132.